The van der Waals surface area contributed by atoms with Crippen LogP contribution in [-0.2, 0) is 16.8 Å². The maximum Gasteiger partial charge on any atom is 0.325 e. The number of nitrogens with zero attached hydrogens (tertiary/aromatic N) is 1. The Morgan fingerprint density at radius 2 is 2.04 bits per heavy atom. The van der Waals surface area contributed by atoms with E-state index in [4.69, 9.17) is 0 Å². The summed E-state index contributed by atoms with van der Waals surface area (Å²) in [6, 6.07) is 10.6. The van der Waals surface area contributed by atoms with E-state index in [9.17, 15) is 14.4 Å². The number of ketones is 1. The smallest absolute Gasteiger partial charge is 0.319 e. The number of urea groups is 1. The number of Topliss-reactive ketones (excluding diaryl/α,β-unsaturated/α-hetero) is 1. The molecular weight excluding hydrogens is 392 g/mol. The molecule has 1 aliphatic heterocycles. The maximum atomic E-state index is 13.0. The fourth-order valence-corrected chi connectivity index (χ4v) is 4.73. The molecular formula is C17H13BrN2O3S. The van der Waals surface area contributed by atoms with E-state index >= 15 is 0 Å². The van der Waals surface area contributed by atoms with Crippen molar-refractivity contribution in [3.63, 3.8) is 0 Å². The SMILES string of the molecule is O=C(CN1C(=O)N[C@@]2(CCc3ccccc32)C1=O)c1ccc(Br)s1. The minimum absolute atomic E-state index is 0.235. The Balaban J connectivity index is 1.62. The number of nitrogens with one attached hydrogen (secondary N) is 1. The van der Waals surface area contributed by atoms with Gasteiger partial charge in [0.25, 0.3) is 5.91 Å². The fourth-order valence-electron chi connectivity index (χ4n) is 3.42. The van der Waals surface area contributed by atoms with Gasteiger partial charge in [-0.15, -0.1) is 11.3 Å². The average Bonchev–Trinajstić information content (AvgIpc) is 3.22. The van der Waals surface area contributed by atoms with Gasteiger partial charge in [-0.1, -0.05) is 24.3 Å². The highest BCUT2D eigenvalue weighted by molar-refractivity contribution is 9.11. The quantitative estimate of drug-likeness (QED) is 0.631. The van der Waals surface area contributed by atoms with Crippen molar-refractivity contribution in [1.82, 2.24) is 10.2 Å². The van der Waals surface area contributed by atoms with E-state index in [0.717, 1.165) is 26.2 Å². The van der Waals surface area contributed by atoms with Crippen molar-refractivity contribution in [1.29, 1.82) is 0 Å². The summed E-state index contributed by atoms with van der Waals surface area (Å²) < 4.78 is 0.837. The van der Waals surface area contributed by atoms with Gasteiger partial charge in [0.1, 0.15) is 5.54 Å². The predicted molar refractivity (Wildman–Crippen MR) is 93.0 cm³/mol. The normalized spacial score (nSPS) is 22.1. The number of rotatable bonds is 3. The van der Waals surface area contributed by atoms with E-state index < -0.39 is 11.6 Å². The van der Waals surface area contributed by atoms with Crippen LogP contribution >= 0.6 is 27.3 Å². The van der Waals surface area contributed by atoms with Crippen LogP contribution in [0.2, 0.25) is 0 Å². The number of hydrogen-bond acceptors (Lipinski definition) is 4. The molecule has 1 N–H and O–H groups in total. The number of benzene rings is 1. The minimum atomic E-state index is -1.01. The number of hydrogen-bond donors (Lipinski definition) is 1. The summed E-state index contributed by atoms with van der Waals surface area (Å²) >= 11 is 4.60. The molecule has 2 aromatic rings. The monoisotopic (exact) mass is 404 g/mol. The Morgan fingerprint density at radius 1 is 1.25 bits per heavy atom. The van der Waals surface area contributed by atoms with Crippen molar-refractivity contribution < 1.29 is 14.4 Å². The van der Waals surface area contributed by atoms with Gasteiger partial charge in [0.2, 0.25) is 0 Å². The molecule has 1 aliphatic carbocycles. The van der Waals surface area contributed by atoms with Crippen LogP contribution in [0.5, 0.6) is 0 Å². The minimum Gasteiger partial charge on any atom is -0.319 e. The topological polar surface area (TPSA) is 66.5 Å². The second kappa shape index (κ2) is 5.53. The second-order valence-corrected chi connectivity index (χ2v) is 8.37. The van der Waals surface area contributed by atoms with Crippen molar-refractivity contribution in [2.75, 3.05) is 6.54 Å². The lowest BCUT2D eigenvalue weighted by Gasteiger charge is -2.22. The van der Waals surface area contributed by atoms with Crippen LogP contribution < -0.4 is 5.32 Å². The zero-order valence-electron chi connectivity index (χ0n) is 12.5. The first kappa shape index (κ1) is 15.5. The number of imide groups is 1. The van der Waals surface area contributed by atoms with E-state index in [1.807, 2.05) is 24.3 Å². The predicted octanol–water partition coefficient (Wildman–Crippen LogP) is 3.09. The Morgan fingerprint density at radius 3 is 2.79 bits per heavy atom. The first-order valence-corrected chi connectivity index (χ1v) is 9.13. The highest BCUT2D eigenvalue weighted by atomic mass is 79.9. The number of halogens is 1. The number of aryl methyl sites for hydroxylation is 1. The molecule has 1 saturated heterocycles. The third kappa shape index (κ3) is 2.22. The van der Waals surface area contributed by atoms with Gasteiger partial charge >= 0.3 is 6.03 Å². The Kier molecular flexibility index (Phi) is 3.58. The summed E-state index contributed by atoms with van der Waals surface area (Å²) in [7, 11) is 0. The molecule has 5 nitrogen and oxygen atoms in total. The number of amides is 3. The van der Waals surface area contributed by atoms with Gasteiger partial charge in [-0.2, -0.15) is 0 Å². The molecule has 24 heavy (non-hydrogen) atoms. The van der Waals surface area contributed by atoms with Crippen LogP contribution in [0.25, 0.3) is 0 Å². The van der Waals surface area contributed by atoms with E-state index in [1.54, 1.807) is 12.1 Å². The molecule has 0 unspecified atom stereocenters. The van der Waals surface area contributed by atoms with Crippen molar-refractivity contribution in [3.05, 3.63) is 56.2 Å². The second-order valence-electron chi connectivity index (χ2n) is 5.91. The molecule has 1 fully saturated rings. The standard InChI is InChI=1S/C17H13BrN2O3S/c18-14-6-5-13(24-14)12(21)9-20-15(22)17(19-16(20)23)8-7-10-3-1-2-4-11(10)17/h1-6H,7-9H2,(H,19,23)/t17-/m1/s1. The molecule has 1 aromatic carbocycles. The van der Waals surface area contributed by atoms with Crippen LogP contribution in [0.15, 0.2) is 40.2 Å². The highest BCUT2D eigenvalue weighted by Crippen LogP contribution is 2.41. The van der Waals surface area contributed by atoms with Gasteiger partial charge in [-0.25, -0.2) is 4.79 Å². The molecule has 2 aliphatic rings. The van der Waals surface area contributed by atoms with Crippen molar-refractivity contribution in [2.24, 2.45) is 0 Å². The largest absolute Gasteiger partial charge is 0.325 e. The van der Waals surface area contributed by atoms with Gasteiger partial charge < -0.3 is 5.32 Å². The molecule has 3 amide bonds. The van der Waals surface area contributed by atoms with Crippen LogP contribution in [0, 0.1) is 0 Å². The first-order valence-electron chi connectivity index (χ1n) is 7.52. The summed E-state index contributed by atoms with van der Waals surface area (Å²) in [6.45, 7) is -0.235. The summed E-state index contributed by atoms with van der Waals surface area (Å²) in [6.07, 6.45) is 1.27. The van der Waals surface area contributed by atoms with Gasteiger partial charge in [0.05, 0.1) is 15.2 Å². The third-order valence-electron chi connectivity index (χ3n) is 4.57. The fraction of sp³-hybridized carbons (Fsp3) is 0.235. The molecule has 4 rings (SSSR count). The number of thiophene rings is 1. The zero-order valence-corrected chi connectivity index (χ0v) is 14.9. The van der Waals surface area contributed by atoms with Crippen LogP contribution in [0.3, 0.4) is 0 Å². The molecule has 7 heteroatoms. The van der Waals surface area contributed by atoms with Crippen LogP contribution in [-0.4, -0.2) is 29.2 Å². The Labute approximate surface area is 150 Å². The Hall–Kier alpha value is -1.99. The molecule has 0 bridgehead atoms. The highest BCUT2D eigenvalue weighted by Gasteiger charge is 2.55. The number of carbonyl (C=O) groups is 3. The van der Waals surface area contributed by atoms with Gasteiger partial charge in [0, 0.05) is 0 Å². The van der Waals surface area contributed by atoms with Crippen molar-refractivity contribution >= 4 is 45.0 Å². The van der Waals surface area contributed by atoms with Gasteiger partial charge in [-0.3, -0.25) is 14.5 Å². The lowest BCUT2D eigenvalue weighted by atomic mass is 9.92. The first-order chi connectivity index (χ1) is 11.5. The summed E-state index contributed by atoms with van der Waals surface area (Å²) in [5.41, 5.74) is 0.906. The lowest BCUT2D eigenvalue weighted by molar-refractivity contribution is -0.131. The van der Waals surface area contributed by atoms with E-state index in [0.29, 0.717) is 11.3 Å². The van der Waals surface area contributed by atoms with Gasteiger partial charge in [0.15, 0.2) is 5.78 Å². The van der Waals surface area contributed by atoms with Gasteiger partial charge in [-0.05, 0) is 52.0 Å². The summed E-state index contributed by atoms with van der Waals surface area (Å²) in [5, 5.41) is 2.83. The molecule has 0 radical (unpaired) electrons. The van der Waals surface area contributed by atoms with Crippen molar-refractivity contribution in [3.8, 4) is 0 Å². The summed E-state index contributed by atoms with van der Waals surface area (Å²) in [4.78, 5) is 39.3. The lowest BCUT2D eigenvalue weighted by Crippen LogP contribution is -2.42. The molecule has 1 spiro atoms. The Bertz CT molecular complexity index is 878. The van der Waals surface area contributed by atoms with Crippen LogP contribution in [0.4, 0.5) is 4.79 Å². The molecule has 122 valence electrons. The van der Waals surface area contributed by atoms with E-state index in [2.05, 4.69) is 21.2 Å². The molecule has 0 saturated carbocycles. The molecule has 2 heterocycles. The van der Waals surface area contributed by atoms with Crippen molar-refractivity contribution in [2.45, 2.75) is 18.4 Å². The summed E-state index contributed by atoms with van der Waals surface area (Å²) in [5.74, 6) is -0.570. The third-order valence-corrected chi connectivity index (χ3v) is 6.24. The van der Waals surface area contributed by atoms with E-state index in [1.165, 1.54) is 11.3 Å². The zero-order chi connectivity index (χ0) is 16.9. The maximum absolute atomic E-state index is 13.0. The van der Waals surface area contributed by atoms with E-state index in [-0.39, 0.29) is 18.2 Å². The van der Waals surface area contributed by atoms with Crippen LogP contribution in [0.1, 0.15) is 27.2 Å². The molecule has 1 atom stereocenters. The molecule has 1 aromatic heterocycles. The number of fused-ring (bicyclic) bond motifs is 2. The average molecular weight is 405 g/mol. The number of carbonyl (C=O) groups excluding carboxylic acids is 3.